The zero-order valence-electron chi connectivity index (χ0n) is 18.7. The van der Waals surface area contributed by atoms with Gasteiger partial charge in [0.15, 0.2) is 18.7 Å². The van der Waals surface area contributed by atoms with Crippen molar-refractivity contribution in [2.24, 2.45) is 5.90 Å². The minimum atomic E-state index is -2.31. The van der Waals surface area contributed by atoms with Crippen LogP contribution in [-0.2, 0) is 28.6 Å². The molecule has 0 saturated carbocycles. The first kappa shape index (κ1) is 31.1. The SMILES string of the molecule is NOC(=O)[C@H](O)[C@@H](O)[C@H](O)[C@H](O)CO[C@H]1O[C@H](CO[C@H]2O[C@H](CO)[C@@H](O)[C@H](O)[C@H]2O)[C@@H](O)[C@H](O)[C@H]1O. The van der Waals surface area contributed by atoms with E-state index in [0.29, 0.717) is 0 Å². The van der Waals surface area contributed by atoms with Crippen molar-refractivity contribution in [3.63, 3.8) is 0 Å². The fraction of sp³-hybridized carbons (Fsp3) is 0.944. The Bertz CT molecular complexity index is 686. The normalized spacial score (nSPS) is 40.8. The fourth-order valence-electron chi connectivity index (χ4n) is 3.50. The molecular weight excluding hydrogens is 502 g/mol. The Hall–Kier alpha value is -1.17. The van der Waals surface area contributed by atoms with Crippen molar-refractivity contribution in [1.29, 1.82) is 0 Å². The summed E-state index contributed by atoms with van der Waals surface area (Å²) in [4.78, 5) is 14.8. The van der Waals surface area contributed by atoms with E-state index in [9.17, 15) is 61.0 Å². The lowest BCUT2D eigenvalue weighted by Crippen LogP contribution is -2.62. The van der Waals surface area contributed by atoms with Gasteiger partial charge in [0, 0.05) is 0 Å². The van der Waals surface area contributed by atoms with Gasteiger partial charge in [0.1, 0.15) is 67.1 Å². The van der Waals surface area contributed by atoms with Crippen molar-refractivity contribution in [3.8, 4) is 0 Å². The molecule has 0 radical (unpaired) electrons. The number of aliphatic hydroxyl groups is 11. The van der Waals surface area contributed by atoms with Crippen LogP contribution in [0.2, 0.25) is 0 Å². The third-order valence-corrected chi connectivity index (χ3v) is 5.80. The monoisotopic (exact) mass is 535 g/mol. The van der Waals surface area contributed by atoms with Crippen LogP contribution in [0.3, 0.4) is 0 Å². The van der Waals surface area contributed by atoms with E-state index < -0.39 is 112 Å². The summed E-state index contributed by atoms with van der Waals surface area (Å²) in [7, 11) is 0. The van der Waals surface area contributed by atoms with Crippen molar-refractivity contribution < 1.29 is 84.8 Å². The van der Waals surface area contributed by atoms with Crippen molar-refractivity contribution in [3.05, 3.63) is 0 Å². The molecule has 2 fully saturated rings. The lowest BCUT2D eigenvalue weighted by Gasteiger charge is -2.42. The highest BCUT2D eigenvalue weighted by atomic mass is 16.7. The first-order valence-electron chi connectivity index (χ1n) is 10.7. The molecule has 2 rings (SSSR count). The average molecular weight is 535 g/mol. The molecule has 2 saturated heterocycles. The Kier molecular flexibility index (Phi) is 11.7. The van der Waals surface area contributed by atoms with Gasteiger partial charge in [-0.05, 0) is 0 Å². The molecule has 212 valence electrons. The number of aliphatic hydroxyl groups excluding tert-OH is 11. The Morgan fingerprint density at radius 3 is 1.78 bits per heavy atom. The minimum Gasteiger partial charge on any atom is -0.394 e. The third-order valence-electron chi connectivity index (χ3n) is 5.80. The molecule has 0 aromatic carbocycles. The Balaban J connectivity index is 1.96. The van der Waals surface area contributed by atoms with E-state index in [1.807, 2.05) is 0 Å². The summed E-state index contributed by atoms with van der Waals surface area (Å²) in [5.74, 6) is 3.06. The first-order chi connectivity index (χ1) is 16.8. The number of carbonyl (C=O) groups is 1. The van der Waals surface area contributed by atoms with E-state index in [-0.39, 0.29) is 0 Å². The third kappa shape index (κ3) is 7.02. The molecule has 0 aliphatic carbocycles. The molecule has 0 aromatic heterocycles. The van der Waals surface area contributed by atoms with E-state index in [0.717, 1.165) is 0 Å². The Morgan fingerprint density at radius 2 is 1.25 bits per heavy atom. The molecule has 0 spiro atoms. The van der Waals surface area contributed by atoms with E-state index in [1.54, 1.807) is 0 Å². The standard InChI is InChI=1S/C18H33NO17/c19-36-16(31)13(28)10(25)7(22)4(21)2-32-17-15(30)12(27)9(24)6(35-17)3-33-18-14(29)11(26)8(23)5(1-20)34-18/h4-15,17-18,20-30H,1-3,19H2/t4-,5-,6-,7-,8-,9-,10+,11+,12+,13-,14-,15-,17+,18+/m1/s1. The van der Waals surface area contributed by atoms with E-state index in [4.69, 9.17) is 18.9 Å². The van der Waals surface area contributed by atoms with E-state index in [2.05, 4.69) is 10.7 Å². The second-order valence-corrected chi connectivity index (χ2v) is 8.31. The summed E-state index contributed by atoms with van der Waals surface area (Å²) in [6.45, 7) is -2.24. The maximum atomic E-state index is 11.1. The van der Waals surface area contributed by atoms with Gasteiger partial charge in [-0.2, -0.15) is 5.90 Å². The predicted octanol–water partition coefficient (Wildman–Crippen LogP) is -8.51. The first-order valence-corrected chi connectivity index (χ1v) is 10.7. The van der Waals surface area contributed by atoms with Gasteiger partial charge >= 0.3 is 5.97 Å². The Morgan fingerprint density at radius 1 is 0.750 bits per heavy atom. The molecule has 13 N–H and O–H groups in total. The minimum absolute atomic E-state index is 0.634. The quantitative estimate of drug-likeness (QED) is 0.109. The van der Waals surface area contributed by atoms with Crippen LogP contribution in [0.1, 0.15) is 0 Å². The molecule has 0 unspecified atom stereocenters. The molecule has 2 aliphatic heterocycles. The summed E-state index contributed by atoms with van der Waals surface area (Å²) in [6.07, 6.45) is -25.4. The summed E-state index contributed by atoms with van der Waals surface area (Å²) >= 11 is 0. The predicted molar refractivity (Wildman–Crippen MR) is 107 cm³/mol. The highest BCUT2D eigenvalue weighted by molar-refractivity contribution is 5.74. The average Bonchev–Trinajstić information content (AvgIpc) is 2.88. The fourth-order valence-corrected chi connectivity index (χ4v) is 3.50. The maximum absolute atomic E-state index is 11.1. The number of hydrogen-bond donors (Lipinski definition) is 12. The topological polar surface area (TPSA) is 312 Å². The molecule has 0 bridgehead atoms. The van der Waals surface area contributed by atoms with Crippen LogP contribution in [0.25, 0.3) is 0 Å². The highest BCUT2D eigenvalue weighted by Crippen LogP contribution is 2.26. The second-order valence-electron chi connectivity index (χ2n) is 8.31. The number of nitrogens with two attached hydrogens (primary N) is 1. The number of rotatable bonds is 11. The van der Waals surface area contributed by atoms with Gasteiger partial charge in [-0.15, -0.1) is 0 Å². The summed E-state index contributed by atoms with van der Waals surface area (Å²) in [5, 5.41) is 108. The van der Waals surface area contributed by atoms with Gasteiger partial charge in [0.25, 0.3) is 0 Å². The van der Waals surface area contributed by atoms with Gasteiger partial charge in [-0.3, -0.25) is 0 Å². The van der Waals surface area contributed by atoms with Crippen LogP contribution in [0.5, 0.6) is 0 Å². The van der Waals surface area contributed by atoms with Gasteiger partial charge in [0.2, 0.25) is 0 Å². The summed E-state index contributed by atoms with van der Waals surface area (Å²) < 4.78 is 20.8. The number of hydrogen-bond acceptors (Lipinski definition) is 18. The van der Waals surface area contributed by atoms with Crippen LogP contribution in [-0.4, -0.2) is 168 Å². The van der Waals surface area contributed by atoms with Crippen molar-refractivity contribution in [2.45, 2.75) is 85.8 Å². The smallest absolute Gasteiger partial charge is 0.356 e. The maximum Gasteiger partial charge on any atom is 0.356 e. The van der Waals surface area contributed by atoms with E-state index >= 15 is 0 Å². The summed E-state index contributed by atoms with van der Waals surface area (Å²) in [5.41, 5.74) is 0. The van der Waals surface area contributed by atoms with Gasteiger partial charge in [-0.1, -0.05) is 0 Å². The lowest BCUT2D eigenvalue weighted by atomic mass is 9.98. The molecule has 18 heteroatoms. The summed E-state index contributed by atoms with van der Waals surface area (Å²) in [6, 6.07) is 0. The van der Waals surface area contributed by atoms with Crippen LogP contribution >= 0.6 is 0 Å². The van der Waals surface area contributed by atoms with E-state index in [1.165, 1.54) is 0 Å². The van der Waals surface area contributed by atoms with Crippen LogP contribution in [0.15, 0.2) is 0 Å². The van der Waals surface area contributed by atoms with Crippen molar-refractivity contribution in [1.82, 2.24) is 0 Å². The molecule has 36 heavy (non-hydrogen) atoms. The Labute approximate surface area is 203 Å². The van der Waals surface area contributed by atoms with Gasteiger partial charge < -0.3 is 80.0 Å². The zero-order chi connectivity index (χ0) is 27.3. The number of ether oxygens (including phenoxy) is 4. The van der Waals surface area contributed by atoms with Crippen LogP contribution in [0, 0.1) is 0 Å². The van der Waals surface area contributed by atoms with Gasteiger partial charge in [-0.25, -0.2) is 4.79 Å². The number of carbonyl (C=O) groups excluding carboxylic acids is 1. The highest BCUT2D eigenvalue weighted by Gasteiger charge is 2.48. The molecule has 14 atom stereocenters. The molecular formula is C18H33NO17. The molecule has 2 aliphatic rings. The molecule has 2 heterocycles. The molecule has 0 aromatic rings. The van der Waals surface area contributed by atoms with Gasteiger partial charge in [0.05, 0.1) is 19.8 Å². The zero-order valence-corrected chi connectivity index (χ0v) is 18.7. The second kappa shape index (κ2) is 13.6. The molecule has 0 amide bonds. The van der Waals surface area contributed by atoms with Crippen molar-refractivity contribution in [2.75, 3.05) is 19.8 Å². The largest absolute Gasteiger partial charge is 0.394 e. The van der Waals surface area contributed by atoms with Crippen LogP contribution < -0.4 is 5.90 Å². The van der Waals surface area contributed by atoms with Crippen molar-refractivity contribution >= 4 is 5.97 Å². The molecule has 18 nitrogen and oxygen atoms in total. The lowest BCUT2D eigenvalue weighted by molar-refractivity contribution is -0.333. The van der Waals surface area contributed by atoms with Crippen LogP contribution in [0.4, 0.5) is 0 Å².